The summed E-state index contributed by atoms with van der Waals surface area (Å²) in [6.45, 7) is 3.07. The van der Waals surface area contributed by atoms with Crippen LogP contribution in [0.4, 0.5) is 17.6 Å². The van der Waals surface area contributed by atoms with E-state index < -0.39 is 23.3 Å². The third-order valence-electron chi connectivity index (χ3n) is 6.74. The molecule has 0 spiro atoms. The predicted octanol–water partition coefficient (Wildman–Crippen LogP) is 7.69. The fourth-order valence-corrected chi connectivity index (χ4v) is 4.96. The summed E-state index contributed by atoms with van der Waals surface area (Å²) >= 11 is 0. The second-order valence-electron chi connectivity index (χ2n) is 8.79. The molecular formula is C26H28F4O. The maximum atomic E-state index is 14.7. The van der Waals surface area contributed by atoms with E-state index >= 15 is 0 Å². The SMILES string of the molecule is CCCC1CCC(C2CC=C(c3ccc(-c4ccc(F)c(F)c4F)c(F)c3)CC2)OC1. The number of allylic oxidation sites excluding steroid dienone is 2. The molecule has 0 N–H and O–H groups in total. The van der Waals surface area contributed by atoms with Crippen LogP contribution < -0.4 is 0 Å². The average molecular weight is 433 g/mol. The van der Waals surface area contributed by atoms with Crippen LogP contribution in [0.15, 0.2) is 36.4 Å². The summed E-state index contributed by atoms with van der Waals surface area (Å²) in [6.07, 6.45) is 9.98. The van der Waals surface area contributed by atoms with Gasteiger partial charge in [0.15, 0.2) is 17.5 Å². The summed E-state index contributed by atoms with van der Waals surface area (Å²) in [5, 5.41) is 0. The smallest absolute Gasteiger partial charge is 0.195 e. The van der Waals surface area contributed by atoms with E-state index in [1.165, 1.54) is 31.4 Å². The van der Waals surface area contributed by atoms with Gasteiger partial charge in [0.1, 0.15) is 5.82 Å². The van der Waals surface area contributed by atoms with Gasteiger partial charge in [-0.25, -0.2) is 17.6 Å². The van der Waals surface area contributed by atoms with Crippen LogP contribution in [0.5, 0.6) is 0 Å². The largest absolute Gasteiger partial charge is 0.378 e. The van der Waals surface area contributed by atoms with Gasteiger partial charge in [-0.05, 0) is 79.7 Å². The van der Waals surface area contributed by atoms with Crippen molar-refractivity contribution >= 4 is 5.57 Å². The van der Waals surface area contributed by atoms with Crippen LogP contribution >= 0.6 is 0 Å². The van der Waals surface area contributed by atoms with Crippen molar-refractivity contribution in [3.63, 3.8) is 0 Å². The van der Waals surface area contributed by atoms with Crippen LogP contribution in [-0.4, -0.2) is 12.7 Å². The van der Waals surface area contributed by atoms with Crippen molar-refractivity contribution in [2.24, 2.45) is 11.8 Å². The Bertz CT molecular complexity index is 960. The van der Waals surface area contributed by atoms with Crippen LogP contribution in [0, 0.1) is 35.1 Å². The molecule has 4 rings (SSSR count). The van der Waals surface area contributed by atoms with Crippen molar-refractivity contribution in [1.82, 2.24) is 0 Å². The highest BCUT2D eigenvalue weighted by molar-refractivity contribution is 5.71. The molecule has 1 saturated heterocycles. The van der Waals surface area contributed by atoms with Gasteiger partial charge >= 0.3 is 0 Å². The molecule has 1 aliphatic carbocycles. The molecule has 2 aromatic rings. The lowest BCUT2D eigenvalue weighted by Gasteiger charge is -2.35. The Morgan fingerprint density at radius 1 is 0.903 bits per heavy atom. The summed E-state index contributed by atoms with van der Waals surface area (Å²) < 4.78 is 61.7. The quantitative estimate of drug-likeness (QED) is 0.348. The molecule has 1 nitrogen and oxygen atoms in total. The highest BCUT2D eigenvalue weighted by Crippen LogP contribution is 2.38. The average Bonchev–Trinajstić information content (AvgIpc) is 2.79. The number of ether oxygens (including phenoxy) is 1. The summed E-state index contributed by atoms with van der Waals surface area (Å²) in [5.41, 5.74) is 1.45. The second-order valence-corrected chi connectivity index (χ2v) is 8.79. The molecule has 0 bridgehead atoms. The van der Waals surface area contributed by atoms with E-state index in [4.69, 9.17) is 4.74 Å². The molecule has 0 saturated carbocycles. The van der Waals surface area contributed by atoms with Crippen molar-refractivity contribution in [3.8, 4) is 11.1 Å². The predicted molar refractivity (Wildman–Crippen MR) is 114 cm³/mol. The summed E-state index contributed by atoms with van der Waals surface area (Å²) in [4.78, 5) is 0. The minimum atomic E-state index is -1.59. The highest BCUT2D eigenvalue weighted by atomic mass is 19.2. The van der Waals surface area contributed by atoms with Gasteiger partial charge in [-0.3, -0.25) is 0 Å². The molecule has 0 amide bonds. The van der Waals surface area contributed by atoms with Gasteiger partial charge in [0.2, 0.25) is 0 Å². The monoisotopic (exact) mass is 432 g/mol. The van der Waals surface area contributed by atoms with Crippen LogP contribution in [-0.2, 0) is 4.74 Å². The minimum Gasteiger partial charge on any atom is -0.378 e. The third-order valence-corrected chi connectivity index (χ3v) is 6.74. The molecule has 0 radical (unpaired) electrons. The van der Waals surface area contributed by atoms with Gasteiger partial charge < -0.3 is 4.74 Å². The van der Waals surface area contributed by atoms with E-state index in [1.807, 2.05) is 0 Å². The zero-order valence-electron chi connectivity index (χ0n) is 17.8. The molecule has 1 aliphatic heterocycles. The Labute approximate surface area is 181 Å². The first kappa shape index (κ1) is 22.1. The molecule has 1 heterocycles. The first-order valence-corrected chi connectivity index (χ1v) is 11.2. The summed E-state index contributed by atoms with van der Waals surface area (Å²) in [7, 11) is 0. The standard InChI is InChI=1S/C26H28F4O/c1-2-3-16-4-13-24(31-15-16)18-7-5-17(6-8-18)19-9-10-20(23(28)14-19)21-11-12-22(27)26(30)25(21)29/h5,9-12,14,16,18,24H,2-4,6-8,13,15H2,1H3. The number of hydrogen-bond acceptors (Lipinski definition) is 1. The Hall–Kier alpha value is -2.14. The van der Waals surface area contributed by atoms with Gasteiger partial charge in [0.05, 0.1) is 6.10 Å². The van der Waals surface area contributed by atoms with Crippen molar-refractivity contribution in [3.05, 3.63) is 65.2 Å². The van der Waals surface area contributed by atoms with Crippen molar-refractivity contribution in [2.45, 2.75) is 58.0 Å². The van der Waals surface area contributed by atoms with Crippen molar-refractivity contribution in [2.75, 3.05) is 6.61 Å². The Morgan fingerprint density at radius 3 is 2.35 bits per heavy atom. The van der Waals surface area contributed by atoms with Crippen molar-refractivity contribution < 1.29 is 22.3 Å². The van der Waals surface area contributed by atoms with Gasteiger partial charge in [0, 0.05) is 17.7 Å². The lowest BCUT2D eigenvalue weighted by Crippen LogP contribution is -2.32. The second kappa shape index (κ2) is 9.56. The van der Waals surface area contributed by atoms with Crippen molar-refractivity contribution in [1.29, 1.82) is 0 Å². The maximum absolute atomic E-state index is 14.7. The van der Waals surface area contributed by atoms with E-state index in [0.717, 1.165) is 55.6 Å². The number of benzene rings is 2. The molecular weight excluding hydrogens is 404 g/mol. The molecule has 3 unspecified atom stereocenters. The Morgan fingerprint density at radius 2 is 1.71 bits per heavy atom. The normalized spacial score (nSPS) is 24.2. The number of hydrogen-bond donors (Lipinski definition) is 0. The maximum Gasteiger partial charge on any atom is 0.195 e. The van der Waals surface area contributed by atoms with Gasteiger partial charge in [-0.1, -0.05) is 31.6 Å². The lowest BCUT2D eigenvalue weighted by molar-refractivity contribution is -0.0504. The molecule has 2 aliphatic rings. The topological polar surface area (TPSA) is 9.23 Å². The summed E-state index contributed by atoms with van der Waals surface area (Å²) in [6, 6.07) is 6.38. The van der Waals surface area contributed by atoms with E-state index in [2.05, 4.69) is 13.0 Å². The zero-order valence-corrected chi connectivity index (χ0v) is 17.8. The van der Waals surface area contributed by atoms with E-state index in [9.17, 15) is 17.6 Å². The minimum absolute atomic E-state index is 0.0772. The molecule has 0 aromatic heterocycles. The van der Waals surface area contributed by atoms with Crippen LogP contribution in [0.2, 0.25) is 0 Å². The van der Waals surface area contributed by atoms with Crippen LogP contribution in [0.1, 0.15) is 57.4 Å². The van der Waals surface area contributed by atoms with Gasteiger partial charge in [0.25, 0.3) is 0 Å². The zero-order chi connectivity index (χ0) is 22.0. The first-order chi connectivity index (χ1) is 15.0. The van der Waals surface area contributed by atoms with E-state index in [-0.39, 0.29) is 11.1 Å². The molecule has 3 atom stereocenters. The highest BCUT2D eigenvalue weighted by Gasteiger charge is 2.29. The van der Waals surface area contributed by atoms with Gasteiger partial charge in [-0.15, -0.1) is 0 Å². The number of halogens is 4. The third kappa shape index (κ3) is 4.72. The van der Waals surface area contributed by atoms with E-state index in [0.29, 0.717) is 17.9 Å². The molecule has 5 heteroatoms. The molecule has 2 aromatic carbocycles. The fourth-order valence-electron chi connectivity index (χ4n) is 4.96. The Balaban J connectivity index is 1.44. The lowest BCUT2D eigenvalue weighted by atomic mass is 9.80. The number of rotatable bonds is 5. The first-order valence-electron chi connectivity index (χ1n) is 11.2. The Kier molecular flexibility index (Phi) is 6.80. The molecule has 31 heavy (non-hydrogen) atoms. The van der Waals surface area contributed by atoms with Gasteiger partial charge in [-0.2, -0.15) is 0 Å². The van der Waals surface area contributed by atoms with Crippen LogP contribution in [0.25, 0.3) is 16.7 Å². The summed E-state index contributed by atoms with van der Waals surface area (Å²) in [5.74, 6) is -3.72. The van der Waals surface area contributed by atoms with E-state index in [1.54, 1.807) is 6.07 Å². The molecule has 1 fully saturated rings. The molecule has 166 valence electrons. The fraction of sp³-hybridized carbons (Fsp3) is 0.462. The van der Waals surface area contributed by atoms with Crippen LogP contribution in [0.3, 0.4) is 0 Å².